The number of benzene rings is 2. The molecule has 1 amide bonds. The quantitative estimate of drug-likeness (QED) is 0.449. The number of hydrogen-bond acceptors (Lipinski definition) is 7. The van der Waals surface area contributed by atoms with E-state index in [2.05, 4.69) is 27.2 Å². The number of amides is 1. The number of phenols is 2. The number of nitrogens with zero attached hydrogens (tertiary/aromatic N) is 2. The van der Waals surface area contributed by atoms with E-state index < -0.39 is 0 Å². The van der Waals surface area contributed by atoms with E-state index in [0.29, 0.717) is 29.7 Å². The van der Waals surface area contributed by atoms with Crippen LogP contribution in [0.2, 0.25) is 0 Å². The summed E-state index contributed by atoms with van der Waals surface area (Å²) in [4.78, 5) is 15.1. The van der Waals surface area contributed by atoms with Gasteiger partial charge in [-0.15, -0.1) is 5.92 Å². The van der Waals surface area contributed by atoms with Gasteiger partial charge < -0.3 is 24.8 Å². The Morgan fingerprint density at radius 2 is 1.89 bits per heavy atom. The third-order valence-electron chi connectivity index (χ3n) is 5.89. The summed E-state index contributed by atoms with van der Waals surface area (Å²) in [5.74, 6) is 5.35. The number of rotatable bonds is 7. The Kier molecular flexibility index (Phi) is 7.70. The van der Waals surface area contributed by atoms with Gasteiger partial charge in [-0.05, 0) is 31.0 Å². The number of hydrogen-bond donors (Lipinski definition) is 3. The van der Waals surface area contributed by atoms with Crippen molar-refractivity contribution in [2.45, 2.75) is 26.8 Å². The molecule has 4 rings (SSSR count). The number of aromatic nitrogens is 1. The summed E-state index contributed by atoms with van der Waals surface area (Å²) in [6.07, 6.45) is 0.304. The fraction of sp³-hybridized carbons (Fsp3) is 0.333. The number of nitrogens with one attached hydrogen (secondary N) is 1. The summed E-state index contributed by atoms with van der Waals surface area (Å²) in [6.45, 7) is 8.04. The number of ether oxygens (including phenoxy) is 1. The number of carbonyl (C=O) groups is 1. The molecule has 3 N–H and O–H groups in total. The summed E-state index contributed by atoms with van der Waals surface area (Å²) in [6, 6.07) is 10.8. The minimum absolute atomic E-state index is 0.0634. The van der Waals surface area contributed by atoms with Crippen molar-refractivity contribution in [2.75, 3.05) is 32.8 Å². The van der Waals surface area contributed by atoms with Crippen LogP contribution < -0.4 is 5.32 Å². The molecular formula is C27H29N3O5. The molecule has 1 aliphatic rings. The normalized spacial score (nSPS) is 13.8. The summed E-state index contributed by atoms with van der Waals surface area (Å²) < 4.78 is 11.0. The van der Waals surface area contributed by atoms with Crippen molar-refractivity contribution in [1.82, 2.24) is 15.4 Å². The van der Waals surface area contributed by atoms with Gasteiger partial charge in [-0.3, -0.25) is 9.69 Å². The van der Waals surface area contributed by atoms with E-state index in [-0.39, 0.29) is 28.9 Å². The van der Waals surface area contributed by atoms with Crippen LogP contribution in [0.4, 0.5) is 0 Å². The first-order chi connectivity index (χ1) is 17.0. The molecule has 8 heteroatoms. The molecule has 1 fully saturated rings. The van der Waals surface area contributed by atoms with Crippen LogP contribution in [0.25, 0.3) is 22.5 Å². The minimum atomic E-state index is -0.370. The highest BCUT2D eigenvalue weighted by Gasteiger charge is 2.26. The molecule has 182 valence electrons. The maximum Gasteiger partial charge on any atom is 0.274 e. The molecular weight excluding hydrogens is 446 g/mol. The molecule has 0 aliphatic carbocycles. The zero-order valence-corrected chi connectivity index (χ0v) is 19.9. The minimum Gasteiger partial charge on any atom is -0.507 e. The zero-order chi connectivity index (χ0) is 24.8. The van der Waals surface area contributed by atoms with E-state index in [9.17, 15) is 15.0 Å². The second-order valence-corrected chi connectivity index (χ2v) is 8.28. The molecule has 2 aromatic carbocycles. The molecule has 0 spiro atoms. The maximum absolute atomic E-state index is 12.8. The van der Waals surface area contributed by atoms with E-state index in [1.165, 1.54) is 6.07 Å². The van der Waals surface area contributed by atoms with Crippen LogP contribution in [0.15, 0.2) is 40.9 Å². The van der Waals surface area contributed by atoms with Crippen molar-refractivity contribution < 1.29 is 24.3 Å². The second kappa shape index (κ2) is 11.1. The number of aromatic hydroxyl groups is 2. The van der Waals surface area contributed by atoms with Gasteiger partial charge in [-0.2, -0.15) is 0 Å². The average molecular weight is 476 g/mol. The van der Waals surface area contributed by atoms with E-state index in [4.69, 9.17) is 9.26 Å². The predicted octanol–water partition coefficient (Wildman–Crippen LogP) is 3.57. The molecule has 1 aromatic heterocycles. The highest BCUT2D eigenvalue weighted by Crippen LogP contribution is 2.41. The lowest BCUT2D eigenvalue weighted by atomic mass is 9.96. The molecule has 8 nitrogen and oxygen atoms in total. The van der Waals surface area contributed by atoms with Crippen LogP contribution in [0.3, 0.4) is 0 Å². The lowest BCUT2D eigenvalue weighted by molar-refractivity contribution is 0.0342. The van der Waals surface area contributed by atoms with Gasteiger partial charge >= 0.3 is 0 Å². The molecule has 0 saturated carbocycles. The Bertz CT molecular complexity index is 1250. The van der Waals surface area contributed by atoms with Gasteiger partial charge in [0, 0.05) is 44.2 Å². The van der Waals surface area contributed by atoms with Crippen LogP contribution in [0.1, 0.15) is 35.5 Å². The summed E-state index contributed by atoms with van der Waals surface area (Å²) in [5, 5.41) is 27.7. The van der Waals surface area contributed by atoms with Gasteiger partial charge in [-0.1, -0.05) is 35.3 Å². The first-order valence-electron chi connectivity index (χ1n) is 11.6. The van der Waals surface area contributed by atoms with E-state index >= 15 is 0 Å². The SMILES string of the molecule is CC#CCc1cc(-c2onc(C(=O)NCC)c2-c2ccc(CN3CCOCC3)cc2)c(O)cc1O. The van der Waals surface area contributed by atoms with E-state index in [1.54, 1.807) is 13.0 Å². The molecule has 35 heavy (non-hydrogen) atoms. The fourth-order valence-corrected chi connectivity index (χ4v) is 4.06. The zero-order valence-electron chi connectivity index (χ0n) is 19.9. The summed E-state index contributed by atoms with van der Waals surface area (Å²) in [5.41, 5.74) is 3.34. The number of phenolic OH excluding ortho intramolecular Hbond substituents is 2. The predicted molar refractivity (Wildman–Crippen MR) is 132 cm³/mol. The van der Waals surface area contributed by atoms with Gasteiger partial charge in [0.05, 0.1) is 24.3 Å². The summed E-state index contributed by atoms with van der Waals surface area (Å²) in [7, 11) is 0. The third-order valence-corrected chi connectivity index (χ3v) is 5.89. The standard InChI is InChI=1S/C27H29N3O5/c1-3-5-6-20-15-21(23(32)16-22(20)31)26-24(25(29-35-26)27(33)28-4-2)19-9-7-18(8-10-19)17-30-11-13-34-14-12-30/h7-10,15-16,31-32H,4,6,11-14,17H2,1-2H3,(H,28,33). The Morgan fingerprint density at radius 3 is 2.57 bits per heavy atom. The largest absolute Gasteiger partial charge is 0.507 e. The fourth-order valence-electron chi connectivity index (χ4n) is 4.06. The molecule has 3 aromatic rings. The van der Waals surface area contributed by atoms with E-state index in [0.717, 1.165) is 44.0 Å². The molecule has 1 saturated heterocycles. The van der Waals surface area contributed by atoms with Crippen LogP contribution in [0.5, 0.6) is 11.5 Å². The average Bonchev–Trinajstić information content (AvgIpc) is 3.30. The van der Waals surface area contributed by atoms with Crippen LogP contribution in [-0.4, -0.2) is 59.0 Å². The maximum atomic E-state index is 12.8. The van der Waals surface area contributed by atoms with Gasteiger partial charge in [-0.25, -0.2) is 0 Å². The lowest BCUT2D eigenvalue weighted by Gasteiger charge is -2.26. The molecule has 0 radical (unpaired) electrons. The van der Waals surface area contributed by atoms with Crippen molar-refractivity contribution in [3.63, 3.8) is 0 Å². The van der Waals surface area contributed by atoms with Crippen molar-refractivity contribution in [2.24, 2.45) is 0 Å². The lowest BCUT2D eigenvalue weighted by Crippen LogP contribution is -2.35. The van der Waals surface area contributed by atoms with Crippen molar-refractivity contribution >= 4 is 5.91 Å². The Balaban J connectivity index is 1.75. The van der Waals surface area contributed by atoms with Crippen LogP contribution in [0, 0.1) is 11.8 Å². The van der Waals surface area contributed by atoms with Crippen LogP contribution in [-0.2, 0) is 17.7 Å². The van der Waals surface area contributed by atoms with Gasteiger partial charge in [0.25, 0.3) is 5.91 Å². The Labute approximate surface area is 204 Å². The monoisotopic (exact) mass is 475 g/mol. The molecule has 1 aliphatic heterocycles. The first-order valence-corrected chi connectivity index (χ1v) is 11.6. The third kappa shape index (κ3) is 5.48. The van der Waals surface area contributed by atoms with E-state index in [1.807, 2.05) is 31.2 Å². The highest BCUT2D eigenvalue weighted by atomic mass is 16.5. The van der Waals surface area contributed by atoms with Crippen molar-refractivity contribution in [3.8, 4) is 45.8 Å². The van der Waals surface area contributed by atoms with Crippen molar-refractivity contribution in [1.29, 1.82) is 0 Å². The smallest absolute Gasteiger partial charge is 0.274 e. The second-order valence-electron chi connectivity index (χ2n) is 8.28. The molecule has 2 heterocycles. The van der Waals surface area contributed by atoms with Gasteiger partial charge in [0.1, 0.15) is 11.5 Å². The molecule has 0 bridgehead atoms. The Hall–Kier alpha value is -3.80. The van der Waals surface area contributed by atoms with Gasteiger partial charge in [0.15, 0.2) is 11.5 Å². The molecule has 0 unspecified atom stereocenters. The van der Waals surface area contributed by atoms with Crippen LogP contribution >= 0.6 is 0 Å². The van der Waals surface area contributed by atoms with Crippen molar-refractivity contribution in [3.05, 3.63) is 53.2 Å². The first kappa shape index (κ1) is 24.3. The number of morpholine rings is 1. The van der Waals surface area contributed by atoms with Gasteiger partial charge in [0.2, 0.25) is 0 Å². The molecule has 0 atom stereocenters. The topological polar surface area (TPSA) is 108 Å². The highest BCUT2D eigenvalue weighted by molar-refractivity contribution is 6.02. The Morgan fingerprint density at radius 1 is 1.14 bits per heavy atom. The number of carbonyl (C=O) groups excluding carboxylic acids is 1. The summed E-state index contributed by atoms with van der Waals surface area (Å²) >= 11 is 0.